The zero-order valence-electron chi connectivity index (χ0n) is 11.2. The third kappa shape index (κ3) is 5.01. The summed E-state index contributed by atoms with van der Waals surface area (Å²) in [5.41, 5.74) is 0. The minimum Gasteiger partial charge on any atom is -0.339 e. The second-order valence-electron chi connectivity index (χ2n) is 4.74. The fourth-order valence-corrected chi connectivity index (χ4v) is 2.99. The number of piperazine rings is 1. The second-order valence-corrected chi connectivity index (χ2v) is 5.79. The molecule has 1 saturated heterocycles. The van der Waals surface area contributed by atoms with E-state index < -0.39 is 0 Å². The molecule has 0 radical (unpaired) electrons. The molecule has 1 aromatic rings. The van der Waals surface area contributed by atoms with Gasteiger partial charge in [0.1, 0.15) is 0 Å². The lowest BCUT2D eigenvalue weighted by Crippen LogP contribution is -2.56. The Kier molecular flexibility index (Phi) is 6.62. The van der Waals surface area contributed by atoms with Crippen molar-refractivity contribution in [3.63, 3.8) is 0 Å². The first kappa shape index (κ1) is 16.3. The fraction of sp³-hybridized carbons (Fsp3) is 0.538. The number of aromatic nitrogens is 1. The van der Waals surface area contributed by atoms with Gasteiger partial charge in [-0.1, -0.05) is 0 Å². The van der Waals surface area contributed by atoms with E-state index in [-0.39, 0.29) is 18.3 Å². The quantitative estimate of drug-likeness (QED) is 0.865. The van der Waals surface area contributed by atoms with Crippen LogP contribution in [0.5, 0.6) is 0 Å². The van der Waals surface area contributed by atoms with Gasteiger partial charge >= 0.3 is 0 Å². The van der Waals surface area contributed by atoms with Gasteiger partial charge in [-0.15, -0.1) is 24.2 Å². The van der Waals surface area contributed by atoms with Crippen LogP contribution in [-0.2, 0) is 4.79 Å². The Morgan fingerprint density at radius 3 is 2.53 bits per heavy atom. The molecule has 1 aromatic heterocycles. The van der Waals surface area contributed by atoms with Crippen molar-refractivity contribution in [2.45, 2.75) is 30.8 Å². The number of nitrogens with zero attached hydrogens (tertiary/aromatic N) is 2. The van der Waals surface area contributed by atoms with E-state index in [0.29, 0.717) is 17.8 Å². The standard InChI is InChI=1S/C13H19N3OS.ClH/c1-10-7-16(8-11(2)15-10)13(17)9-18-12-3-5-14-6-4-12;/h3-6,10-11,15H,7-9H2,1-2H3;1H. The first-order valence-electron chi connectivity index (χ1n) is 6.22. The van der Waals surface area contributed by atoms with Gasteiger partial charge in [-0.25, -0.2) is 0 Å². The Morgan fingerprint density at radius 1 is 1.37 bits per heavy atom. The van der Waals surface area contributed by atoms with E-state index in [1.807, 2.05) is 17.0 Å². The van der Waals surface area contributed by atoms with Gasteiger partial charge in [0.05, 0.1) is 5.75 Å². The number of hydrogen-bond donors (Lipinski definition) is 1. The van der Waals surface area contributed by atoms with Crippen molar-refractivity contribution in [1.82, 2.24) is 15.2 Å². The Labute approximate surface area is 124 Å². The van der Waals surface area contributed by atoms with Gasteiger partial charge in [-0.2, -0.15) is 0 Å². The Balaban J connectivity index is 0.00000180. The average Bonchev–Trinajstić information content (AvgIpc) is 2.36. The maximum absolute atomic E-state index is 12.1. The largest absolute Gasteiger partial charge is 0.339 e. The molecule has 0 saturated carbocycles. The zero-order chi connectivity index (χ0) is 13.0. The highest BCUT2D eigenvalue weighted by atomic mass is 35.5. The molecule has 106 valence electrons. The van der Waals surface area contributed by atoms with Crippen LogP contribution in [0.2, 0.25) is 0 Å². The second kappa shape index (κ2) is 7.72. The third-order valence-electron chi connectivity index (χ3n) is 2.92. The minimum absolute atomic E-state index is 0. The van der Waals surface area contributed by atoms with Crippen molar-refractivity contribution in [3.05, 3.63) is 24.5 Å². The SMILES string of the molecule is CC1CN(C(=O)CSc2ccncc2)CC(C)N1.Cl. The van der Waals surface area contributed by atoms with Crippen molar-refractivity contribution in [1.29, 1.82) is 0 Å². The number of amides is 1. The van der Waals surface area contributed by atoms with Crippen LogP contribution >= 0.6 is 24.2 Å². The molecular formula is C13H20ClN3OS. The molecule has 0 aromatic carbocycles. The van der Waals surface area contributed by atoms with Crippen LogP contribution in [0.3, 0.4) is 0 Å². The molecule has 1 fully saturated rings. The van der Waals surface area contributed by atoms with Crippen LogP contribution in [0.15, 0.2) is 29.4 Å². The van der Waals surface area contributed by atoms with Gasteiger partial charge in [-0.05, 0) is 26.0 Å². The van der Waals surface area contributed by atoms with Gasteiger partial charge in [0.25, 0.3) is 0 Å². The molecule has 4 nitrogen and oxygen atoms in total. The molecule has 0 aliphatic carbocycles. The number of halogens is 1. The van der Waals surface area contributed by atoms with E-state index in [4.69, 9.17) is 0 Å². The predicted octanol–water partition coefficient (Wildman–Crippen LogP) is 1.80. The topological polar surface area (TPSA) is 45.2 Å². The summed E-state index contributed by atoms with van der Waals surface area (Å²) in [7, 11) is 0. The van der Waals surface area contributed by atoms with Crippen molar-refractivity contribution >= 4 is 30.1 Å². The number of rotatable bonds is 3. The molecule has 2 rings (SSSR count). The van der Waals surface area contributed by atoms with Crippen LogP contribution in [0.25, 0.3) is 0 Å². The summed E-state index contributed by atoms with van der Waals surface area (Å²) in [5, 5.41) is 3.43. The molecule has 2 atom stereocenters. The van der Waals surface area contributed by atoms with Crippen LogP contribution in [-0.4, -0.2) is 46.7 Å². The average molecular weight is 302 g/mol. The minimum atomic E-state index is 0. The molecule has 2 unspecified atom stereocenters. The van der Waals surface area contributed by atoms with Gasteiger partial charge in [-0.3, -0.25) is 9.78 Å². The van der Waals surface area contributed by atoms with E-state index >= 15 is 0 Å². The number of pyridine rings is 1. The summed E-state index contributed by atoms with van der Waals surface area (Å²) in [6.45, 7) is 5.85. The lowest BCUT2D eigenvalue weighted by atomic mass is 10.1. The van der Waals surface area contributed by atoms with E-state index in [1.54, 1.807) is 24.2 Å². The van der Waals surface area contributed by atoms with E-state index in [2.05, 4.69) is 24.1 Å². The molecule has 19 heavy (non-hydrogen) atoms. The van der Waals surface area contributed by atoms with Crippen molar-refractivity contribution in [3.8, 4) is 0 Å². The number of hydrogen-bond acceptors (Lipinski definition) is 4. The Hall–Kier alpha value is -0.780. The van der Waals surface area contributed by atoms with Gasteiger partial charge < -0.3 is 10.2 Å². The van der Waals surface area contributed by atoms with E-state index in [1.165, 1.54) is 0 Å². The highest BCUT2D eigenvalue weighted by Crippen LogP contribution is 2.17. The molecular weight excluding hydrogens is 282 g/mol. The number of thioether (sulfide) groups is 1. The Morgan fingerprint density at radius 2 is 1.95 bits per heavy atom. The first-order chi connectivity index (χ1) is 8.65. The highest BCUT2D eigenvalue weighted by molar-refractivity contribution is 8.00. The summed E-state index contributed by atoms with van der Waals surface area (Å²) in [5.74, 6) is 0.723. The summed E-state index contributed by atoms with van der Waals surface area (Å²) in [4.78, 5) is 19.1. The lowest BCUT2D eigenvalue weighted by molar-refractivity contribution is -0.130. The van der Waals surface area contributed by atoms with Crippen molar-refractivity contribution < 1.29 is 4.79 Å². The molecule has 0 bridgehead atoms. The molecule has 6 heteroatoms. The predicted molar refractivity (Wildman–Crippen MR) is 80.8 cm³/mol. The van der Waals surface area contributed by atoms with Gasteiger partial charge in [0.15, 0.2) is 0 Å². The summed E-state index contributed by atoms with van der Waals surface area (Å²) in [6, 6.07) is 4.62. The van der Waals surface area contributed by atoms with Gasteiger partial charge in [0.2, 0.25) is 5.91 Å². The molecule has 1 aliphatic heterocycles. The fourth-order valence-electron chi connectivity index (χ4n) is 2.20. The zero-order valence-corrected chi connectivity index (χ0v) is 12.8. The summed E-state index contributed by atoms with van der Waals surface area (Å²) >= 11 is 1.57. The van der Waals surface area contributed by atoms with Crippen LogP contribution in [0.4, 0.5) is 0 Å². The lowest BCUT2D eigenvalue weighted by Gasteiger charge is -2.36. The first-order valence-corrected chi connectivity index (χ1v) is 7.20. The van der Waals surface area contributed by atoms with Crippen LogP contribution in [0.1, 0.15) is 13.8 Å². The number of nitrogens with one attached hydrogen (secondary N) is 1. The molecule has 1 aliphatic rings. The van der Waals surface area contributed by atoms with Crippen molar-refractivity contribution in [2.24, 2.45) is 0 Å². The molecule has 1 N–H and O–H groups in total. The molecule has 1 amide bonds. The summed E-state index contributed by atoms with van der Waals surface area (Å²) < 4.78 is 0. The smallest absolute Gasteiger partial charge is 0.233 e. The molecule has 2 heterocycles. The van der Waals surface area contributed by atoms with Gasteiger partial charge in [0, 0.05) is 42.5 Å². The Bertz CT molecular complexity index is 394. The monoisotopic (exact) mass is 301 g/mol. The van der Waals surface area contributed by atoms with Crippen LogP contribution < -0.4 is 5.32 Å². The van der Waals surface area contributed by atoms with E-state index in [0.717, 1.165) is 18.0 Å². The highest BCUT2D eigenvalue weighted by Gasteiger charge is 2.24. The number of carbonyl (C=O) groups is 1. The third-order valence-corrected chi connectivity index (χ3v) is 3.92. The molecule has 0 spiro atoms. The normalized spacial score (nSPS) is 22.7. The van der Waals surface area contributed by atoms with E-state index in [9.17, 15) is 4.79 Å². The maximum Gasteiger partial charge on any atom is 0.233 e. The van der Waals surface area contributed by atoms with Crippen molar-refractivity contribution in [2.75, 3.05) is 18.8 Å². The summed E-state index contributed by atoms with van der Waals surface area (Å²) in [6.07, 6.45) is 3.50. The van der Waals surface area contributed by atoms with Crippen LogP contribution in [0, 0.1) is 0 Å². The maximum atomic E-state index is 12.1. The number of carbonyl (C=O) groups excluding carboxylic acids is 1.